The van der Waals surface area contributed by atoms with Crippen molar-refractivity contribution in [3.63, 3.8) is 0 Å². The fourth-order valence-corrected chi connectivity index (χ4v) is 2.80. The second-order valence-electron chi connectivity index (χ2n) is 7.52. The molecular weight excluding hydrogens is 452 g/mol. The highest BCUT2D eigenvalue weighted by Gasteiger charge is 2.30. The lowest BCUT2D eigenvalue weighted by atomic mass is 10.0. The van der Waals surface area contributed by atoms with Crippen molar-refractivity contribution < 1.29 is 44.1 Å². The molecule has 0 bridgehead atoms. The van der Waals surface area contributed by atoms with Gasteiger partial charge in [-0.3, -0.25) is 24.0 Å². The summed E-state index contributed by atoms with van der Waals surface area (Å²) in [5.41, 5.74) is 6.24. The van der Waals surface area contributed by atoms with Gasteiger partial charge in [0.2, 0.25) is 17.7 Å². The summed E-state index contributed by atoms with van der Waals surface area (Å²) in [5, 5.41) is 33.6. The molecule has 1 aromatic carbocycles. The van der Waals surface area contributed by atoms with Crippen LogP contribution in [0.25, 0.3) is 0 Å². The van der Waals surface area contributed by atoms with Gasteiger partial charge in [-0.05, 0) is 18.9 Å². The number of rotatable bonds is 14. The first kappa shape index (κ1) is 28.0. The SMILES string of the molecule is CC(NC(=O)C(N)CCC(=O)O)C(=O)NC(Cc1ccccc1)C(=O)NC(CC(=O)O)C(=O)O. The Morgan fingerprint density at radius 2 is 1.41 bits per heavy atom. The van der Waals surface area contributed by atoms with Crippen LogP contribution >= 0.6 is 0 Å². The molecule has 0 saturated carbocycles. The van der Waals surface area contributed by atoms with E-state index in [0.717, 1.165) is 0 Å². The minimum atomic E-state index is -1.72. The summed E-state index contributed by atoms with van der Waals surface area (Å²) in [6.07, 6.45) is -1.39. The molecule has 0 heterocycles. The van der Waals surface area contributed by atoms with Crippen molar-refractivity contribution in [3.05, 3.63) is 35.9 Å². The Hall–Kier alpha value is -4.00. The Balaban J connectivity index is 2.91. The number of carbonyl (C=O) groups excluding carboxylic acids is 3. The zero-order valence-corrected chi connectivity index (χ0v) is 18.4. The van der Waals surface area contributed by atoms with Crippen LogP contribution in [0, 0.1) is 0 Å². The van der Waals surface area contributed by atoms with Crippen molar-refractivity contribution in [2.45, 2.75) is 56.8 Å². The predicted octanol–water partition coefficient (Wildman–Crippen LogP) is -1.55. The normalized spacial score (nSPS) is 14.1. The van der Waals surface area contributed by atoms with Gasteiger partial charge < -0.3 is 37.0 Å². The third-order valence-electron chi connectivity index (χ3n) is 4.67. The minimum Gasteiger partial charge on any atom is -0.481 e. The summed E-state index contributed by atoms with van der Waals surface area (Å²) in [5.74, 6) is -6.61. The van der Waals surface area contributed by atoms with Crippen molar-refractivity contribution >= 4 is 35.6 Å². The number of benzene rings is 1. The van der Waals surface area contributed by atoms with Crippen LogP contribution in [0.3, 0.4) is 0 Å². The quantitative estimate of drug-likeness (QED) is 0.162. The van der Waals surface area contributed by atoms with Gasteiger partial charge in [0.15, 0.2) is 0 Å². The Labute approximate surface area is 194 Å². The molecular formula is C21H28N4O9. The number of carboxylic acids is 3. The summed E-state index contributed by atoms with van der Waals surface area (Å²) in [4.78, 5) is 70.3. The second-order valence-corrected chi connectivity index (χ2v) is 7.52. The monoisotopic (exact) mass is 480 g/mol. The Morgan fingerprint density at radius 1 is 0.824 bits per heavy atom. The fourth-order valence-electron chi connectivity index (χ4n) is 2.80. The Morgan fingerprint density at radius 3 is 1.94 bits per heavy atom. The van der Waals surface area contributed by atoms with Gasteiger partial charge in [-0.25, -0.2) is 4.79 Å². The van der Waals surface area contributed by atoms with E-state index >= 15 is 0 Å². The van der Waals surface area contributed by atoms with Gasteiger partial charge in [0.25, 0.3) is 0 Å². The van der Waals surface area contributed by atoms with E-state index in [-0.39, 0.29) is 19.3 Å². The number of aliphatic carboxylic acids is 3. The average Bonchev–Trinajstić information content (AvgIpc) is 2.76. The van der Waals surface area contributed by atoms with E-state index in [1.807, 2.05) is 0 Å². The first-order valence-electron chi connectivity index (χ1n) is 10.3. The van der Waals surface area contributed by atoms with Crippen molar-refractivity contribution in [2.24, 2.45) is 5.73 Å². The molecule has 1 rings (SSSR count). The van der Waals surface area contributed by atoms with Crippen LogP contribution in [0.5, 0.6) is 0 Å². The molecule has 4 unspecified atom stereocenters. The lowest BCUT2D eigenvalue weighted by molar-refractivity contribution is -0.147. The van der Waals surface area contributed by atoms with E-state index < -0.39 is 66.2 Å². The van der Waals surface area contributed by atoms with E-state index in [4.69, 9.17) is 15.9 Å². The number of carbonyl (C=O) groups is 6. The van der Waals surface area contributed by atoms with E-state index in [1.165, 1.54) is 6.92 Å². The van der Waals surface area contributed by atoms with E-state index in [2.05, 4.69) is 16.0 Å². The lowest BCUT2D eigenvalue weighted by Gasteiger charge is -2.23. The van der Waals surface area contributed by atoms with Crippen LogP contribution in [0.1, 0.15) is 31.7 Å². The molecule has 0 spiro atoms. The van der Waals surface area contributed by atoms with Crippen LogP contribution in [0.4, 0.5) is 0 Å². The highest BCUT2D eigenvalue weighted by molar-refractivity contribution is 5.94. The van der Waals surface area contributed by atoms with Crippen molar-refractivity contribution in [1.29, 1.82) is 0 Å². The van der Waals surface area contributed by atoms with E-state index in [9.17, 15) is 33.9 Å². The minimum absolute atomic E-state index is 0.0450. The molecule has 0 radical (unpaired) electrons. The van der Waals surface area contributed by atoms with Crippen LogP contribution in [0.15, 0.2) is 30.3 Å². The smallest absolute Gasteiger partial charge is 0.326 e. The molecule has 13 nitrogen and oxygen atoms in total. The maximum absolute atomic E-state index is 12.7. The molecule has 0 aromatic heterocycles. The van der Waals surface area contributed by atoms with Crippen LogP contribution in [-0.2, 0) is 35.2 Å². The molecule has 186 valence electrons. The lowest BCUT2D eigenvalue weighted by Crippen LogP contribution is -2.57. The zero-order chi connectivity index (χ0) is 25.8. The number of nitrogens with one attached hydrogen (secondary N) is 3. The number of carboxylic acid groups (broad SMARTS) is 3. The first-order chi connectivity index (χ1) is 15.9. The number of hydrogen-bond donors (Lipinski definition) is 7. The van der Waals surface area contributed by atoms with E-state index in [1.54, 1.807) is 30.3 Å². The summed E-state index contributed by atoms with van der Waals surface area (Å²) in [7, 11) is 0. The van der Waals surface area contributed by atoms with Crippen molar-refractivity contribution in [2.75, 3.05) is 0 Å². The summed E-state index contributed by atoms with van der Waals surface area (Å²) in [6.45, 7) is 1.32. The van der Waals surface area contributed by atoms with Crippen molar-refractivity contribution in [1.82, 2.24) is 16.0 Å². The van der Waals surface area contributed by atoms with Gasteiger partial charge in [0, 0.05) is 12.8 Å². The summed E-state index contributed by atoms with van der Waals surface area (Å²) in [6, 6.07) is 3.13. The topological polar surface area (TPSA) is 225 Å². The van der Waals surface area contributed by atoms with Crippen LogP contribution < -0.4 is 21.7 Å². The standard InChI is InChI=1S/C21H28N4O9/c1-11(23-19(31)13(22)7-8-16(26)27)18(30)24-14(9-12-5-3-2-4-6-12)20(32)25-15(21(33)34)10-17(28)29/h2-6,11,13-15H,7-10,22H2,1H3,(H,23,31)(H,24,30)(H,25,32)(H,26,27)(H,28,29)(H,33,34). The molecule has 4 atom stereocenters. The highest BCUT2D eigenvalue weighted by Crippen LogP contribution is 2.06. The Bertz CT molecular complexity index is 907. The molecule has 0 aliphatic heterocycles. The van der Waals surface area contributed by atoms with Crippen molar-refractivity contribution in [3.8, 4) is 0 Å². The molecule has 0 fully saturated rings. The molecule has 13 heteroatoms. The maximum atomic E-state index is 12.7. The number of hydrogen-bond acceptors (Lipinski definition) is 7. The van der Waals surface area contributed by atoms with Crippen LogP contribution in [0.2, 0.25) is 0 Å². The van der Waals surface area contributed by atoms with E-state index in [0.29, 0.717) is 5.56 Å². The first-order valence-corrected chi connectivity index (χ1v) is 10.3. The zero-order valence-electron chi connectivity index (χ0n) is 18.4. The molecule has 0 saturated heterocycles. The molecule has 3 amide bonds. The predicted molar refractivity (Wildman–Crippen MR) is 116 cm³/mol. The second kappa shape index (κ2) is 13.5. The summed E-state index contributed by atoms with van der Waals surface area (Å²) >= 11 is 0. The number of amides is 3. The van der Waals surface area contributed by atoms with Gasteiger partial charge in [-0.2, -0.15) is 0 Å². The maximum Gasteiger partial charge on any atom is 0.326 e. The molecule has 0 aliphatic carbocycles. The highest BCUT2D eigenvalue weighted by atomic mass is 16.4. The number of nitrogens with two attached hydrogens (primary N) is 1. The average molecular weight is 480 g/mol. The van der Waals surface area contributed by atoms with Gasteiger partial charge in [-0.15, -0.1) is 0 Å². The fraction of sp³-hybridized carbons (Fsp3) is 0.429. The molecule has 0 aliphatic rings. The third-order valence-corrected chi connectivity index (χ3v) is 4.67. The van der Waals surface area contributed by atoms with Crippen LogP contribution in [-0.4, -0.2) is 75.1 Å². The molecule has 1 aromatic rings. The van der Waals surface area contributed by atoms with Gasteiger partial charge in [0.05, 0.1) is 12.5 Å². The van der Waals surface area contributed by atoms with Gasteiger partial charge >= 0.3 is 17.9 Å². The van der Waals surface area contributed by atoms with Gasteiger partial charge in [-0.1, -0.05) is 30.3 Å². The Kier molecular flexibility index (Phi) is 11.2. The third kappa shape index (κ3) is 10.1. The molecule has 8 N–H and O–H groups in total. The summed E-state index contributed by atoms with van der Waals surface area (Å²) < 4.78 is 0. The largest absolute Gasteiger partial charge is 0.481 e. The molecule has 34 heavy (non-hydrogen) atoms. The van der Waals surface area contributed by atoms with Gasteiger partial charge in [0.1, 0.15) is 18.1 Å².